The van der Waals surface area contributed by atoms with Gasteiger partial charge in [0, 0.05) is 26.8 Å². The molecule has 0 saturated carbocycles. The molecule has 0 aliphatic carbocycles. The highest BCUT2D eigenvalue weighted by molar-refractivity contribution is 5.82. The molecule has 0 amide bonds. The third kappa shape index (κ3) is 2.67. The smallest absolute Gasteiger partial charge is 0.226 e. The summed E-state index contributed by atoms with van der Waals surface area (Å²) in [6.45, 7) is 1.85. The molecule has 0 spiro atoms. The van der Waals surface area contributed by atoms with Crippen molar-refractivity contribution in [3.63, 3.8) is 0 Å². The van der Waals surface area contributed by atoms with Crippen molar-refractivity contribution >= 4 is 17.6 Å². The van der Waals surface area contributed by atoms with Gasteiger partial charge in [0.1, 0.15) is 17.8 Å². The molecule has 0 bridgehead atoms. The topological polar surface area (TPSA) is 91.4 Å². The van der Waals surface area contributed by atoms with Crippen molar-refractivity contribution in [3.05, 3.63) is 12.3 Å². The van der Waals surface area contributed by atoms with Gasteiger partial charge < -0.3 is 20.3 Å². The molecule has 0 radical (unpaired) electrons. The highest BCUT2D eigenvalue weighted by Gasteiger charge is 2.23. The maximum Gasteiger partial charge on any atom is 0.226 e. The fraction of sp³-hybridized carbons (Fsp3) is 0.545. The molecule has 3 N–H and O–H groups in total. The van der Waals surface area contributed by atoms with Crippen molar-refractivity contribution in [3.8, 4) is 0 Å². The van der Waals surface area contributed by atoms with Crippen molar-refractivity contribution in [2.24, 2.45) is 5.73 Å². The number of hydrogen-bond donors (Lipinski definition) is 2. The molecule has 7 nitrogen and oxygen atoms in total. The molecule has 98 valence electrons. The van der Waals surface area contributed by atoms with Crippen molar-refractivity contribution in [2.45, 2.75) is 6.10 Å². The summed E-state index contributed by atoms with van der Waals surface area (Å²) in [5, 5.41) is 7.44. The summed E-state index contributed by atoms with van der Waals surface area (Å²) in [5.41, 5.74) is 5.48. The van der Waals surface area contributed by atoms with Gasteiger partial charge in [-0.15, -0.1) is 0 Å². The Labute approximate surface area is 106 Å². The second-order valence-electron chi connectivity index (χ2n) is 4.37. The second kappa shape index (κ2) is 5.18. The van der Waals surface area contributed by atoms with E-state index in [2.05, 4.69) is 14.9 Å². The molecule has 7 heteroatoms. The summed E-state index contributed by atoms with van der Waals surface area (Å²) in [4.78, 5) is 12.6. The second-order valence-corrected chi connectivity index (χ2v) is 4.37. The Morgan fingerprint density at radius 1 is 1.61 bits per heavy atom. The van der Waals surface area contributed by atoms with E-state index in [1.165, 1.54) is 0 Å². The molecular weight excluding hydrogens is 232 g/mol. The van der Waals surface area contributed by atoms with E-state index in [-0.39, 0.29) is 11.9 Å². The molecule has 1 aromatic rings. The predicted molar refractivity (Wildman–Crippen MR) is 70.2 cm³/mol. The monoisotopic (exact) mass is 250 g/mol. The summed E-state index contributed by atoms with van der Waals surface area (Å²) in [7, 11) is 3.80. The maximum absolute atomic E-state index is 7.44. The van der Waals surface area contributed by atoms with Gasteiger partial charge in [0.15, 0.2) is 0 Å². The molecule has 1 saturated heterocycles. The van der Waals surface area contributed by atoms with Crippen LogP contribution in [0.5, 0.6) is 0 Å². The molecule has 0 aromatic carbocycles. The van der Waals surface area contributed by atoms with Crippen molar-refractivity contribution in [1.29, 1.82) is 5.41 Å². The quantitative estimate of drug-likeness (QED) is 0.564. The third-order valence-corrected chi connectivity index (χ3v) is 2.77. The average Bonchev–Trinajstić information content (AvgIpc) is 2.39. The Hall–Kier alpha value is -1.89. The van der Waals surface area contributed by atoms with Crippen LogP contribution in [0.3, 0.4) is 0 Å². The Bertz CT molecular complexity index is 435. The standard InChI is InChI=1S/C11H18N6O/c1-16(2)11-14-4-3-9(15-11)17-5-6-18-8(7-17)10(12)13/h3-4,8H,5-7H2,1-2H3,(H3,12,13). The van der Waals surface area contributed by atoms with Gasteiger partial charge in [-0.05, 0) is 6.07 Å². The molecule has 1 atom stereocenters. The van der Waals surface area contributed by atoms with E-state index in [0.717, 1.165) is 12.4 Å². The molecule has 1 fully saturated rings. The Morgan fingerprint density at radius 3 is 3.06 bits per heavy atom. The van der Waals surface area contributed by atoms with Crippen LogP contribution in [-0.2, 0) is 4.74 Å². The minimum Gasteiger partial charge on any atom is -0.385 e. The van der Waals surface area contributed by atoms with Gasteiger partial charge in [-0.1, -0.05) is 0 Å². The van der Waals surface area contributed by atoms with Crippen LogP contribution in [-0.4, -0.2) is 55.7 Å². The van der Waals surface area contributed by atoms with Crippen LogP contribution in [0, 0.1) is 5.41 Å². The first-order chi connectivity index (χ1) is 8.58. The van der Waals surface area contributed by atoms with Gasteiger partial charge in [-0.3, -0.25) is 5.41 Å². The van der Waals surface area contributed by atoms with Crippen molar-refractivity contribution in [1.82, 2.24) is 9.97 Å². The molecule has 1 aliphatic rings. The van der Waals surface area contributed by atoms with Crippen molar-refractivity contribution in [2.75, 3.05) is 43.6 Å². The van der Waals surface area contributed by atoms with Gasteiger partial charge in [0.2, 0.25) is 5.95 Å². The highest BCUT2D eigenvalue weighted by atomic mass is 16.5. The zero-order valence-electron chi connectivity index (χ0n) is 10.6. The van der Waals surface area contributed by atoms with Crippen LogP contribution in [0.25, 0.3) is 0 Å². The summed E-state index contributed by atoms with van der Waals surface area (Å²) in [6.07, 6.45) is 1.38. The van der Waals surface area contributed by atoms with Crippen LogP contribution in [0.4, 0.5) is 11.8 Å². The number of hydrogen-bond acceptors (Lipinski definition) is 6. The van der Waals surface area contributed by atoms with Crippen LogP contribution in [0.15, 0.2) is 12.3 Å². The molecule has 2 rings (SSSR count). The van der Waals surface area contributed by atoms with E-state index < -0.39 is 0 Å². The molecule has 1 aromatic heterocycles. The lowest BCUT2D eigenvalue weighted by Gasteiger charge is -2.33. The number of ether oxygens (including phenoxy) is 1. The Kier molecular flexibility index (Phi) is 3.61. The largest absolute Gasteiger partial charge is 0.385 e. The number of morpholine rings is 1. The van der Waals surface area contributed by atoms with E-state index in [4.69, 9.17) is 15.9 Å². The van der Waals surface area contributed by atoms with Crippen LogP contribution >= 0.6 is 0 Å². The highest BCUT2D eigenvalue weighted by Crippen LogP contribution is 2.16. The van der Waals surface area contributed by atoms with Crippen molar-refractivity contribution < 1.29 is 4.74 Å². The van der Waals surface area contributed by atoms with E-state index >= 15 is 0 Å². The van der Waals surface area contributed by atoms with E-state index in [1.807, 2.05) is 25.1 Å². The molecule has 1 unspecified atom stereocenters. The summed E-state index contributed by atoms with van der Waals surface area (Å²) in [5.74, 6) is 1.56. The fourth-order valence-corrected chi connectivity index (χ4v) is 1.78. The number of amidine groups is 1. The number of anilines is 2. The first-order valence-corrected chi connectivity index (χ1v) is 5.79. The zero-order valence-corrected chi connectivity index (χ0v) is 10.6. The SMILES string of the molecule is CN(C)c1nccc(N2CCOC(C(=N)N)C2)n1. The number of rotatable bonds is 3. The van der Waals surface area contributed by atoms with Gasteiger partial charge in [-0.2, -0.15) is 4.98 Å². The minimum absolute atomic E-state index is 0.0570. The lowest BCUT2D eigenvalue weighted by atomic mass is 10.2. The number of aromatic nitrogens is 2. The van der Waals surface area contributed by atoms with E-state index in [1.54, 1.807) is 6.20 Å². The van der Waals surface area contributed by atoms with Crippen LogP contribution in [0.2, 0.25) is 0 Å². The predicted octanol–water partition coefficient (Wildman–Crippen LogP) is -0.316. The summed E-state index contributed by atoms with van der Waals surface area (Å²) >= 11 is 0. The summed E-state index contributed by atoms with van der Waals surface area (Å²) < 4.78 is 5.42. The fourth-order valence-electron chi connectivity index (χ4n) is 1.78. The van der Waals surface area contributed by atoms with Gasteiger partial charge in [0.25, 0.3) is 0 Å². The number of nitrogens with zero attached hydrogens (tertiary/aromatic N) is 4. The Balaban J connectivity index is 2.15. The minimum atomic E-state index is -0.350. The van der Waals surface area contributed by atoms with E-state index in [0.29, 0.717) is 19.1 Å². The average molecular weight is 250 g/mol. The van der Waals surface area contributed by atoms with E-state index in [9.17, 15) is 0 Å². The van der Waals surface area contributed by atoms with Gasteiger partial charge >= 0.3 is 0 Å². The van der Waals surface area contributed by atoms with Gasteiger partial charge in [-0.25, -0.2) is 4.98 Å². The third-order valence-electron chi connectivity index (χ3n) is 2.77. The lowest BCUT2D eigenvalue weighted by Crippen LogP contribution is -2.48. The van der Waals surface area contributed by atoms with Gasteiger partial charge in [0.05, 0.1) is 13.2 Å². The zero-order chi connectivity index (χ0) is 13.1. The maximum atomic E-state index is 7.44. The number of nitrogens with one attached hydrogen (secondary N) is 1. The Morgan fingerprint density at radius 2 is 2.39 bits per heavy atom. The lowest BCUT2D eigenvalue weighted by molar-refractivity contribution is 0.0823. The first-order valence-electron chi connectivity index (χ1n) is 5.79. The molecule has 18 heavy (non-hydrogen) atoms. The van der Waals surface area contributed by atoms with Crippen LogP contribution in [0.1, 0.15) is 0 Å². The van der Waals surface area contributed by atoms with Crippen LogP contribution < -0.4 is 15.5 Å². The summed E-state index contributed by atoms with van der Waals surface area (Å²) in [6, 6.07) is 1.86. The molecule has 2 heterocycles. The molecule has 1 aliphatic heterocycles. The first kappa shape index (κ1) is 12.6. The normalized spacial score (nSPS) is 19.7. The number of nitrogens with two attached hydrogens (primary N) is 1. The molecular formula is C11H18N6O.